The maximum atomic E-state index is 12.6. The quantitative estimate of drug-likeness (QED) is 0.148. The molecule has 0 aliphatic heterocycles. The van der Waals surface area contributed by atoms with E-state index in [2.05, 4.69) is 25.7 Å². The predicted molar refractivity (Wildman–Crippen MR) is 163 cm³/mol. The van der Waals surface area contributed by atoms with Crippen LogP contribution in [0.15, 0.2) is 53.6 Å². The van der Waals surface area contributed by atoms with Crippen molar-refractivity contribution in [3.8, 4) is 17.7 Å². The summed E-state index contributed by atoms with van der Waals surface area (Å²) in [7, 11) is 1.51. The number of carbonyl (C=O) groups excluding carboxylic acids is 2. The molecule has 1 aromatic heterocycles. The molecule has 0 aliphatic rings. The number of amides is 2. The first-order valence-electron chi connectivity index (χ1n) is 13.6. The topological polar surface area (TPSA) is 181 Å². The van der Waals surface area contributed by atoms with Crippen molar-refractivity contribution in [3.63, 3.8) is 0 Å². The van der Waals surface area contributed by atoms with Crippen molar-refractivity contribution >= 4 is 35.1 Å². The third kappa shape index (κ3) is 9.23. The van der Waals surface area contributed by atoms with E-state index in [0.717, 1.165) is 18.8 Å². The molecule has 3 rings (SSSR count). The maximum absolute atomic E-state index is 12.6. The molecule has 0 atom stereocenters. The number of hydrazone groups is 1. The van der Waals surface area contributed by atoms with Crippen LogP contribution in [0.3, 0.4) is 0 Å². The fourth-order valence-electron chi connectivity index (χ4n) is 4.12. The number of nitriles is 1. The summed E-state index contributed by atoms with van der Waals surface area (Å²) in [6.45, 7) is 6.58. The lowest BCUT2D eigenvalue weighted by Gasteiger charge is -2.22. The van der Waals surface area contributed by atoms with Gasteiger partial charge in [0.1, 0.15) is 17.4 Å². The Hall–Kier alpha value is -5.55. The Kier molecular flexibility index (Phi) is 12.1. The molecule has 2 N–H and O–H groups in total. The van der Waals surface area contributed by atoms with Gasteiger partial charge in [-0.05, 0) is 45.0 Å². The van der Waals surface area contributed by atoms with Crippen molar-refractivity contribution < 1.29 is 28.7 Å². The van der Waals surface area contributed by atoms with Crippen LogP contribution in [-0.4, -0.2) is 61.3 Å². The maximum Gasteiger partial charge on any atom is 0.278 e. The molecule has 0 fully saturated rings. The normalized spacial score (nSPS) is 10.6. The molecule has 44 heavy (non-hydrogen) atoms. The average molecular weight is 604 g/mol. The molecule has 2 amide bonds. The number of nitro groups is 1. The molecule has 0 aliphatic carbocycles. The molecule has 14 nitrogen and oxygen atoms in total. The van der Waals surface area contributed by atoms with Crippen LogP contribution in [-0.2, 0) is 20.9 Å². The summed E-state index contributed by atoms with van der Waals surface area (Å²) in [6, 6.07) is 14.7. The van der Waals surface area contributed by atoms with Crippen LogP contribution in [0.4, 0.5) is 17.1 Å². The summed E-state index contributed by atoms with van der Waals surface area (Å²) >= 11 is 0. The smallest absolute Gasteiger partial charge is 0.278 e. The van der Waals surface area contributed by atoms with Gasteiger partial charge in [0.05, 0.1) is 17.7 Å². The number of carbonyl (C=O) groups is 2. The van der Waals surface area contributed by atoms with Crippen molar-refractivity contribution in [2.45, 2.75) is 27.4 Å². The molecular weight excluding hydrogens is 570 g/mol. The molecule has 230 valence electrons. The number of nitrogens with one attached hydrogen (secondary N) is 2. The third-order valence-electron chi connectivity index (χ3n) is 6.17. The summed E-state index contributed by atoms with van der Waals surface area (Å²) in [5, 5.41) is 27.1. The largest absolute Gasteiger partial charge is 0.483 e. The highest BCUT2D eigenvalue weighted by atomic mass is 16.6. The van der Waals surface area contributed by atoms with Gasteiger partial charge in [0.15, 0.2) is 13.2 Å². The van der Waals surface area contributed by atoms with Crippen molar-refractivity contribution in [2.24, 2.45) is 5.10 Å². The first kappa shape index (κ1) is 33.0. The SMILES string of the molecule is CCN(CC)c1ccc(/C=N\NC(=O)COc2nc(C)cc(COC)c2C#N)c(OCC(=O)Nc2cccc([N+](=O)[O-])c2)c1. The molecule has 0 unspecified atom stereocenters. The second-order valence-corrected chi connectivity index (χ2v) is 9.27. The Balaban J connectivity index is 1.69. The van der Waals surface area contributed by atoms with Crippen LogP contribution in [0.1, 0.15) is 36.2 Å². The van der Waals surface area contributed by atoms with Gasteiger partial charge in [-0.2, -0.15) is 10.4 Å². The fourth-order valence-corrected chi connectivity index (χ4v) is 4.12. The van der Waals surface area contributed by atoms with E-state index >= 15 is 0 Å². The van der Waals surface area contributed by atoms with Crippen LogP contribution in [0, 0.1) is 28.4 Å². The fraction of sp³-hybridized carbons (Fsp3) is 0.300. The molecule has 0 saturated heterocycles. The first-order chi connectivity index (χ1) is 21.2. The van der Waals surface area contributed by atoms with Crippen LogP contribution >= 0.6 is 0 Å². The summed E-state index contributed by atoms with van der Waals surface area (Å²) in [6.07, 6.45) is 1.36. The van der Waals surface area contributed by atoms with Crippen molar-refractivity contribution in [1.29, 1.82) is 5.26 Å². The van der Waals surface area contributed by atoms with E-state index in [0.29, 0.717) is 22.6 Å². The number of ether oxygens (including phenoxy) is 3. The van der Waals surface area contributed by atoms with E-state index in [1.54, 1.807) is 25.1 Å². The van der Waals surface area contributed by atoms with E-state index < -0.39 is 23.3 Å². The monoisotopic (exact) mass is 603 g/mol. The van der Waals surface area contributed by atoms with Gasteiger partial charge in [0.2, 0.25) is 5.88 Å². The minimum atomic E-state index is -0.597. The number of non-ortho nitro benzene ring substituents is 1. The van der Waals surface area contributed by atoms with E-state index in [1.165, 1.54) is 37.6 Å². The Morgan fingerprint density at radius 1 is 1.11 bits per heavy atom. The molecule has 3 aromatic rings. The summed E-state index contributed by atoms with van der Waals surface area (Å²) in [5.74, 6) is -0.779. The van der Waals surface area contributed by atoms with Gasteiger partial charge >= 0.3 is 0 Å². The number of pyridine rings is 1. The number of aromatic nitrogens is 1. The summed E-state index contributed by atoms with van der Waals surface area (Å²) < 4.78 is 16.4. The number of benzene rings is 2. The summed E-state index contributed by atoms with van der Waals surface area (Å²) in [5.41, 5.74) is 5.16. The van der Waals surface area contributed by atoms with Gasteiger partial charge in [-0.15, -0.1) is 0 Å². The number of nitro benzene ring substituents is 1. The van der Waals surface area contributed by atoms with Crippen molar-refractivity contribution in [2.75, 3.05) is 43.6 Å². The Labute approximate surface area is 254 Å². The molecule has 2 aromatic carbocycles. The lowest BCUT2D eigenvalue weighted by atomic mass is 10.1. The van der Waals surface area contributed by atoms with Gasteiger partial charge in [-0.25, -0.2) is 10.4 Å². The molecule has 0 spiro atoms. The van der Waals surface area contributed by atoms with Crippen LogP contribution in [0.5, 0.6) is 11.6 Å². The zero-order valence-corrected chi connectivity index (χ0v) is 24.8. The van der Waals surface area contributed by atoms with Gasteiger partial charge in [0.25, 0.3) is 17.5 Å². The number of hydrogen-bond donors (Lipinski definition) is 2. The highest BCUT2D eigenvalue weighted by Gasteiger charge is 2.15. The summed E-state index contributed by atoms with van der Waals surface area (Å²) in [4.78, 5) is 41.8. The van der Waals surface area contributed by atoms with Gasteiger partial charge < -0.3 is 24.4 Å². The molecular formula is C30H33N7O7. The Morgan fingerprint density at radius 2 is 1.86 bits per heavy atom. The number of nitrogens with zero attached hydrogens (tertiary/aromatic N) is 5. The zero-order valence-electron chi connectivity index (χ0n) is 24.8. The average Bonchev–Trinajstić information content (AvgIpc) is 3.00. The molecule has 0 bridgehead atoms. The third-order valence-corrected chi connectivity index (χ3v) is 6.17. The second-order valence-electron chi connectivity index (χ2n) is 9.27. The van der Waals surface area contributed by atoms with Gasteiger partial charge in [0, 0.05) is 66.6 Å². The van der Waals surface area contributed by atoms with Crippen molar-refractivity contribution in [1.82, 2.24) is 10.4 Å². The number of anilines is 2. The number of aryl methyl sites for hydroxylation is 1. The van der Waals surface area contributed by atoms with Gasteiger partial charge in [-0.3, -0.25) is 19.7 Å². The van der Waals surface area contributed by atoms with Crippen LogP contribution < -0.4 is 25.1 Å². The number of hydrogen-bond acceptors (Lipinski definition) is 11. The van der Waals surface area contributed by atoms with Gasteiger partial charge in [-0.1, -0.05) is 6.07 Å². The van der Waals surface area contributed by atoms with Crippen LogP contribution in [0.25, 0.3) is 0 Å². The van der Waals surface area contributed by atoms with Crippen LogP contribution in [0.2, 0.25) is 0 Å². The minimum Gasteiger partial charge on any atom is -0.483 e. The number of methoxy groups -OCH3 is 1. The lowest BCUT2D eigenvalue weighted by Crippen LogP contribution is -2.25. The second kappa shape index (κ2) is 16.2. The minimum absolute atomic E-state index is 0.0183. The molecule has 0 saturated carbocycles. The zero-order chi connectivity index (χ0) is 32.1. The highest BCUT2D eigenvalue weighted by Crippen LogP contribution is 2.26. The molecule has 0 radical (unpaired) electrons. The van der Waals surface area contributed by atoms with Crippen molar-refractivity contribution in [3.05, 3.63) is 81.0 Å². The first-order valence-corrected chi connectivity index (χ1v) is 13.6. The van der Waals surface area contributed by atoms with E-state index in [-0.39, 0.29) is 36.0 Å². The molecule has 1 heterocycles. The highest BCUT2D eigenvalue weighted by molar-refractivity contribution is 5.92. The molecule has 14 heteroatoms. The Morgan fingerprint density at radius 3 is 2.55 bits per heavy atom. The van der Waals surface area contributed by atoms with E-state index in [1.807, 2.05) is 26.0 Å². The van der Waals surface area contributed by atoms with E-state index in [9.17, 15) is 25.0 Å². The van der Waals surface area contributed by atoms with E-state index in [4.69, 9.17) is 14.2 Å². The lowest BCUT2D eigenvalue weighted by molar-refractivity contribution is -0.384. The standard InChI is InChI=1S/C30H33N7O7/c1-5-36(6-2)24-11-10-21(27(14-24)43-18-28(38)34-23-8-7-9-25(13-23)37(40)41)16-32-35-29(39)19-44-30-26(15-31)22(17-42-4)12-20(3)33-30/h7-14,16H,5-6,17-19H2,1-4H3,(H,34,38)(H,35,39)/b32-16-. The predicted octanol–water partition coefficient (Wildman–Crippen LogP) is 3.71. The Bertz CT molecular complexity index is 1570. The number of rotatable bonds is 15.